The third-order valence-electron chi connectivity index (χ3n) is 6.85. The summed E-state index contributed by atoms with van der Waals surface area (Å²) in [6, 6.07) is 13.3. The molecule has 10 heteroatoms. The van der Waals surface area contributed by atoms with Gasteiger partial charge in [0.2, 0.25) is 5.90 Å². The van der Waals surface area contributed by atoms with Gasteiger partial charge in [-0.1, -0.05) is 30.3 Å². The fourth-order valence-corrected chi connectivity index (χ4v) is 6.86. The van der Waals surface area contributed by atoms with Crippen molar-refractivity contribution in [1.29, 1.82) is 0 Å². The number of aliphatic hydroxyl groups excluding tert-OH is 1. The van der Waals surface area contributed by atoms with Crippen molar-refractivity contribution in [3.8, 4) is 5.75 Å². The largest absolute Gasteiger partial charge is 0.492 e. The quantitative estimate of drug-likeness (QED) is 0.484. The van der Waals surface area contributed by atoms with Crippen LogP contribution in [-0.4, -0.2) is 75.9 Å². The molecule has 0 saturated carbocycles. The van der Waals surface area contributed by atoms with Crippen LogP contribution in [0.3, 0.4) is 0 Å². The highest BCUT2D eigenvalue weighted by atomic mass is 32.2. The molecule has 2 aromatic carbocycles. The Morgan fingerprint density at radius 3 is 2.54 bits per heavy atom. The highest BCUT2D eigenvalue weighted by Gasteiger charge is 2.47. The highest BCUT2D eigenvalue weighted by Crippen LogP contribution is 2.42. The van der Waals surface area contributed by atoms with Gasteiger partial charge in [0.05, 0.1) is 0 Å². The second-order valence-corrected chi connectivity index (χ2v) is 11.7. The van der Waals surface area contributed by atoms with Crippen LogP contribution in [0.5, 0.6) is 5.75 Å². The number of hydrogen-bond donors (Lipinski definition) is 2. The summed E-state index contributed by atoms with van der Waals surface area (Å²) in [5.41, 5.74) is -0.157. The van der Waals surface area contributed by atoms with Gasteiger partial charge in [-0.25, -0.2) is 12.8 Å². The summed E-state index contributed by atoms with van der Waals surface area (Å²) in [5, 5.41) is 11.8. The summed E-state index contributed by atoms with van der Waals surface area (Å²) >= 11 is 0. The second-order valence-electron chi connectivity index (χ2n) is 10.0. The van der Waals surface area contributed by atoms with E-state index in [2.05, 4.69) is 14.6 Å². The van der Waals surface area contributed by atoms with Crippen LogP contribution in [0.1, 0.15) is 49.0 Å². The molecule has 202 valence electrons. The lowest BCUT2D eigenvalue weighted by Crippen LogP contribution is -2.44. The molecule has 2 aliphatic rings. The number of piperazine rings is 1. The lowest BCUT2D eigenvalue weighted by molar-refractivity contribution is 0.0797. The van der Waals surface area contributed by atoms with Crippen LogP contribution in [0, 0.1) is 5.82 Å². The standard InChI is InChI=1S/C27H36FN3O5S/c1-27(2)26(20-7-9-22(10-8-20)35-18-16-31-14-12-29-13-15-31)37(33,34)30-25(36-27)19-21(11-17-32)23-5-3-4-6-24(23)28/h3-10,21,26,29,32H,11-19H2,1-2H3/t21-,26?/m1/s1. The number of benzene rings is 2. The average Bonchev–Trinajstić information content (AvgIpc) is 2.84. The first-order valence-corrected chi connectivity index (χ1v) is 14.2. The van der Waals surface area contributed by atoms with Crippen molar-refractivity contribution in [1.82, 2.24) is 10.2 Å². The molecule has 37 heavy (non-hydrogen) atoms. The lowest BCUT2D eigenvalue weighted by Gasteiger charge is -2.38. The van der Waals surface area contributed by atoms with E-state index < -0.39 is 32.6 Å². The Balaban J connectivity index is 1.47. The van der Waals surface area contributed by atoms with Gasteiger partial charge in [0.15, 0.2) is 0 Å². The molecule has 0 bridgehead atoms. The van der Waals surface area contributed by atoms with E-state index in [0.717, 1.165) is 32.7 Å². The number of nitrogens with one attached hydrogen (secondary N) is 1. The molecule has 1 fully saturated rings. The Morgan fingerprint density at radius 2 is 1.89 bits per heavy atom. The average molecular weight is 534 g/mol. The molecule has 1 saturated heterocycles. The number of sulfonamides is 1. The minimum absolute atomic E-state index is 0.0239. The van der Waals surface area contributed by atoms with E-state index in [1.165, 1.54) is 6.07 Å². The van der Waals surface area contributed by atoms with Crippen molar-refractivity contribution in [3.63, 3.8) is 0 Å². The van der Waals surface area contributed by atoms with Gasteiger partial charge in [-0.05, 0) is 55.5 Å². The number of aliphatic hydroxyl groups is 1. The fourth-order valence-electron chi connectivity index (χ4n) is 5.09. The van der Waals surface area contributed by atoms with Gasteiger partial charge in [0, 0.05) is 45.8 Å². The zero-order valence-corrected chi connectivity index (χ0v) is 22.2. The minimum atomic E-state index is -3.98. The molecule has 2 heterocycles. The van der Waals surface area contributed by atoms with Crippen LogP contribution in [0.25, 0.3) is 0 Å². The number of ether oxygens (including phenoxy) is 2. The number of rotatable bonds is 10. The number of nitrogens with zero attached hydrogens (tertiary/aromatic N) is 2. The van der Waals surface area contributed by atoms with E-state index in [1.807, 2.05) is 0 Å². The molecule has 0 aliphatic carbocycles. The maximum atomic E-state index is 14.4. The van der Waals surface area contributed by atoms with E-state index >= 15 is 0 Å². The predicted molar refractivity (Wildman–Crippen MR) is 141 cm³/mol. The van der Waals surface area contributed by atoms with Crippen molar-refractivity contribution >= 4 is 15.9 Å². The zero-order chi connectivity index (χ0) is 26.5. The number of hydrogen-bond acceptors (Lipinski definition) is 7. The predicted octanol–water partition coefficient (Wildman–Crippen LogP) is 3.24. The Kier molecular flexibility index (Phi) is 8.84. The topological polar surface area (TPSA) is 100 Å². The molecule has 0 radical (unpaired) electrons. The van der Waals surface area contributed by atoms with Crippen molar-refractivity contribution in [2.45, 2.75) is 43.5 Å². The molecule has 2 atom stereocenters. The molecule has 2 N–H and O–H groups in total. The van der Waals surface area contributed by atoms with Crippen LogP contribution < -0.4 is 10.1 Å². The van der Waals surface area contributed by atoms with Crippen molar-refractivity contribution < 1.29 is 27.4 Å². The third-order valence-corrected chi connectivity index (χ3v) is 8.75. The molecule has 2 aromatic rings. The maximum absolute atomic E-state index is 14.4. The fraction of sp³-hybridized carbons (Fsp3) is 0.519. The monoisotopic (exact) mass is 533 g/mol. The summed E-state index contributed by atoms with van der Waals surface area (Å²) in [5.74, 6) is -0.180. The summed E-state index contributed by atoms with van der Waals surface area (Å²) < 4.78 is 57.1. The Morgan fingerprint density at radius 1 is 1.19 bits per heavy atom. The van der Waals surface area contributed by atoms with E-state index in [4.69, 9.17) is 9.47 Å². The Bertz CT molecular complexity index is 1180. The first-order chi connectivity index (χ1) is 17.7. The van der Waals surface area contributed by atoms with Crippen LogP contribution >= 0.6 is 0 Å². The van der Waals surface area contributed by atoms with Crippen molar-refractivity contribution in [2.24, 2.45) is 4.40 Å². The van der Waals surface area contributed by atoms with E-state index in [1.54, 1.807) is 56.3 Å². The summed E-state index contributed by atoms with van der Waals surface area (Å²) in [6.07, 6.45) is 0.320. The molecule has 0 amide bonds. The van der Waals surface area contributed by atoms with Crippen LogP contribution in [-0.2, 0) is 14.8 Å². The number of halogens is 1. The minimum Gasteiger partial charge on any atom is -0.492 e. The molecular formula is C27H36FN3O5S. The maximum Gasteiger partial charge on any atom is 0.267 e. The first-order valence-electron chi connectivity index (χ1n) is 12.7. The lowest BCUT2D eigenvalue weighted by atomic mass is 9.91. The zero-order valence-electron chi connectivity index (χ0n) is 21.4. The molecular weight excluding hydrogens is 497 g/mol. The summed E-state index contributed by atoms with van der Waals surface area (Å²) in [6.45, 7) is 8.62. The van der Waals surface area contributed by atoms with E-state index in [-0.39, 0.29) is 25.3 Å². The normalized spacial score (nSPS) is 22.1. The van der Waals surface area contributed by atoms with Crippen LogP contribution in [0.2, 0.25) is 0 Å². The molecule has 1 unspecified atom stereocenters. The van der Waals surface area contributed by atoms with E-state index in [9.17, 15) is 17.9 Å². The van der Waals surface area contributed by atoms with Gasteiger partial charge in [-0.15, -0.1) is 4.40 Å². The molecule has 0 aromatic heterocycles. The molecule has 0 spiro atoms. The summed E-state index contributed by atoms with van der Waals surface area (Å²) in [4.78, 5) is 2.34. The molecule has 8 nitrogen and oxygen atoms in total. The van der Waals surface area contributed by atoms with Gasteiger partial charge < -0.3 is 19.9 Å². The van der Waals surface area contributed by atoms with Gasteiger partial charge >= 0.3 is 0 Å². The van der Waals surface area contributed by atoms with Gasteiger partial charge in [0.25, 0.3) is 10.0 Å². The third kappa shape index (κ3) is 6.87. The van der Waals surface area contributed by atoms with Crippen LogP contribution in [0.4, 0.5) is 4.39 Å². The second kappa shape index (κ2) is 11.9. The van der Waals surface area contributed by atoms with E-state index in [0.29, 0.717) is 23.5 Å². The van der Waals surface area contributed by atoms with Crippen molar-refractivity contribution in [2.75, 3.05) is 45.9 Å². The molecule has 4 rings (SSSR count). The van der Waals surface area contributed by atoms with Gasteiger partial charge in [-0.3, -0.25) is 4.90 Å². The smallest absolute Gasteiger partial charge is 0.267 e. The van der Waals surface area contributed by atoms with Gasteiger partial charge in [0.1, 0.15) is 29.0 Å². The van der Waals surface area contributed by atoms with Crippen LogP contribution in [0.15, 0.2) is 52.9 Å². The highest BCUT2D eigenvalue weighted by molar-refractivity contribution is 7.90. The Labute approximate surface area is 218 Å². The Hall–Kier alpha value is -2.53. The first kappa shape index (κ1) is 27.5. The summed E-state index contributed by atoms with van der Waals surface area (Å²) in [7, 11) is -3.98. The molecule has 2 aliphatic heterocycles. The van der Waals surface area contributed by atoms with Crippen molar-refractivity contribution in [3.05, 3.63) is 65.5 Å². The SMILES string of the molecule is CC1(C)OC(C[C@@H](CCO)c2ccccc2F)=NS(=O)(=O)C1c1ccc(OCCN2CCNCC2)cc1. The van der Waals surface area contributed by atoms with Gasteiger partial charge in [-0.2, -0.15) is 0 Å².